The summed E-state index contributed by atoms with van der Waals surface area (Å²) >= 11 is 0. The first-order chi connectivity index (χ1) is 7.33. The van der Waals surface area contributed by atoms with Gasteiger partial charge in [-0.15, -0.1) is 12.4 Å². The predicted octanol–water partition coefficient (Wildman–Crippen LogP) is 0.784. The van der Waals surface area contributed by atoms with Crippen molar-refractivity contribution in [3.8, 4) is 0 Å². The molecule has 4 nitrogen and oxygen atoms in total. The van der Waals surface area contributed by atoms with E-state index in [9.17, 15) is 4.79 Å². The SMILES string of the molecule is Cl.NCCC(=O)N1CCCC2COCCC21. The number of hydrogen-bond acceptors (Lipinski definition) is 3. The van der Waals surface area contributed by atoms with E-state index in [0.29, 0.717) is 24.9 Å². The minimum Gasteiger partial charge on any atom is -0.381 e. The molecular formula is C11H21ClN2O2. The second kappa shape index (κ2) is 6.42. The minimum atomic E-state index is 0. The Kier molecular flexibility index (Phi) is 5.52. The third-order valence-electron chi connectivity index (χ3n) is 3.49. The highest BCUT2D eigenvalue weighted by Gasteiger charge is 2.35. The number of nitrogens with zero attached hydrogens (tertiary/aromatic N) is 1. The van der Waals surface area contributed by atoms with Crippen molar-refractivity contribution in [2.45, 2.75) is 31.7 Å². The number of carbonyl (C=O) groups excluding carboxylic acids is 1. The minimum absolute atomic E-state index is 0. The lowest BCUT2D eigenvalue weighted by Crippen LogP contribution is -2.52. The molecule has 0 bridgehead atoms. The average molecular weight is 249 g/mol. The summed E-state index contributed by atoms with van der Waals surface area (Å²) in [4.78, 5) is 13.9. The molecule has 2 heterocycles. The van der Waals surface area contributed by atoms with Crippen molar-refractivity contribution in [2.24, 2.45) is 11.7 Å². The maximum atomic E-state index is 11.9. The third-order valence-corrected chi connectivity index (χ3v) is 3.49. The van der Waals surface area contributed by atoms with Crippen LogP contribution in [0.1, 0.15) is 25.7 Å². The standard InChI is InChI=1S/C11H20N2O2.ClH/c12-5-3-11(14)13-6-1-2-9-8-15-7-4-10(9)13;/h9-10H,1-8,12H2;1H. The summed E-state index contributed by atoms with van der Waals surface area (Å²) in [5, 5.41) is 0. The van der Waals surface area contributed by atoms with Crippen LogP contribution in [0.4, 0.5) is 0 Å². The molecule has 0 spiro atoms. The van der Waals surface area contributed by atoms with E-state index in [1.807, 2.05) is 4.90 Å². The van der Waals surface area contributed by atoms with Gasteiger partial charge in [-0.2, -0.15) is 0 Å². The van der Waals surface area contributed by atoms with E-state index in [2.05, 4.69) is 0 Å². The third kappa shape index (κ3) is 2.87. The molecule has 16 heavy (non-hydrogen) atoms. The molecule has 2 atom stereocenters. The monoisotopic (exact) mass is 248 g/mol. The van der Waals surface area contributed by atoms with Gasteiger partial charge in [-0.05, 0) is 19.3 Å². The Bertz CT molecular complexity index is 236. The number of hydrogen-bond donors (Lipinski definition) is 1. The zero-order chi connectivity index (χ0) is 10.7. The van der Waals surface area contributed by atoms with Crippen molar-refractivity contribution in [1.82, 2.24) is 4.90 Å². The Morgan fingerprint density at radius 1 is 1.44 bits per heavy atom. The lowest BCUT2D eigenvalue weighted by molar-refractivity contribution is -0.140. The zero-order valence-electron chi connectivity index (χ0n) is 9.56. The second-order valence-corrected chi connectivity index (χ2v) is 4.46. The van der Waals surface area contributed by atoms with E-state index in [1.165, 1.54) is 6.42 Å². The summed E-state index contributed by atoms with van der Waals surface area (Å²) < 4.78 is 5.46. The van der Waals surface area contributed by atoms with Crippen molar-refractivity contribution in [1.29, 1.82) is 0 Å². The molecule has 0 aromatic carbocycles. The number of ether oxygens (including phenoxy) is 1. The summed E-state index contributed by atoms with van der Waals surface area (Å²) in [6.07, 6.45) is 3.81. The zero-order valence-corrected chi connectivity index (χ0v) is 10.4. The molecule has 1 amide bonds. The Morgan fingerprint density at radius 3 is 3.00 bits per heavy atom. The number of halogens is 1. The number of amides is 1. The molecule has 0 radical (unpaired) electrons. The van der Waals surface area contributed by atoms with Gasteiger partial charge in [0.05, 0.1) is 6.61 Å². The summed E-state index contributed by atoms with van der Waals surface area (Å²) in [7, 11) is 0. The fraction of sp³-hybridized carbons (Fsp3) is 0.909. The number of rotatable bonds is 2. The van der Waals surface area contributed by atoms with Crippen molar-refractivity contribution < 1.29 is 9.53 Å². The van der Waals surface area contributed by atoms with Crippen LogP contribution in [-0.4, -0.2) is 43.2 Å². The summed E-state index contributed by atoms with van der Waals surface area (Å²) in [6.45, 7) is 3.01. The molecular weight excluding hydrogens is 228 g/mol. The number of fused-ring (bicyclic) bond motifs is 1. The summed E-state index contributed by atoms with van der Waals surface area (Å²) in [6, 6.07) is 0.423. The van der Waals surface area contributed by atoms with Crippen molar-refractivity contribution >= 4 is 18.3 Å². The molecule has 2 fully saturated rings. The fourth-order valence-corrected chi connectivity index (χ4v) is 2.74. The van der Waals surface area contributed by atoms with Gasteiger partial charge in [0.2, 0.25) is 5.91 Å². The van der Waals surface area contributed by atoms with Gasteiger partial charge < -0.3 is 15.4 Å². The molecule has 2 rings (SSSR count). The summed E-state index contributed by atoms with van der Waals surface area (Å²) in [5.41, 5.74) is 5.43. The van der Waals surface area contributed by atoms with Crippen molar-refractivity contribution in [2.75, 3.05) is 26.3 Å². The van der Waals surface area contributed by atoms with E-state index >= 15 is 0 Å². The van der Waals surface area contributed by atoms with Crippen LogP contribution < -0.4 is 5.73 Å². The van der Waals surface area contributed by atoms with E-state index in [0.717, 1.165) is 32.6 Å². The Balaban J connectivity index is 0.00000128. The maximum Gasteiger partial charge on any atom is 0.224 e. The summed E-state index contributed by atoms with van der Waals surface area (Å²) in [5.74, 6) is 0.795. The Morgan fingerprint density at radius 2 is 2.25 bits per heavy atom. The molecule has 0 aliphatic carbocycles. The number of carbonyl (C=O) groups is 1. The van der Waals surface area contributed by atoms with Crippen LogP contribution in [0.2, 0.25) is 0 Å². The van der Waals surface area contributed by atoms with E-state index in [4.69, 9.17) is 10.5 Å². The molecule has 2 N–H and O–H groups in total. The quantitative estimate of drug-likeness (QED) is 0.786. The van der Waals surface area contributed by atoms with Crippen LogP contribution >= 0.6 is 12.4 Å². The van der Waals surface area contributed by atoms with E-state index in [-0.39, 0.29) is 18.3 Å². The van der Waals surface area contributed by atoms with Crippen molar-refractivity contribution in [3.63, 3.8) is 0 Å². The van der Waals surface area contributed by atoms with Crippen LogP contribution in [0.5, 0.6) is 0 Å². The lowest BCUT2D eigenvalue weighted by atomic mass is 9.86. The highest BCUT2D eigenvalue weighted by Crippen LogP contribution is 2.29. The molecule has 94 valence electrons. The smallest absolute Gasteiger partial charge is 0.224 e. The number of nitrogens with two attached hydrogens (primary N) is 1. The van der Waals surface area contributed by atoms with Gasteiger partial charge in [-0.3, -0.25) is 4.79 Å². The van der Waals surface area contributed by atoms with Crippen LogP contribution in [0, 0.1) is 5.92 Å². The van der Waals surface area contributed by atoms with Gasteiger partial charge in [0.25, 0.3) is 0 Å². The van der Waals surface area contributed by atoms with Gasteiger partial charge in [-0.1, -0.05) is 0 Å². The van der Waals surface area contributed by atoms with Gasteiger partial charge in [0, 0.05) is 38.1 Å². The second-order valence-electron chi connectivity index (χ2n) is 4.46. The van der Waals surface area contributed by atoms with Crippen LogP contribution in [-0.2, 0) is 9.53 Å². The Hall–Kier alpha value is -0.320. The van der Waals surface area contributed by atoms with E-state index < -0.39 is 0 Å². The van der Waals surface area contributed by atoms with Gasteiger partial charge in [0.15, 0.2) is 0 Å². The maximum absolute atomic E-state index is 11.9. The Labute approximate surface area is 103 Å². The number of likely N-dealkylation sites (tertiary alicyclic amines) is 1. The molecule has 0 saturated carbocycles. The van der Waals surface area contributed by atoms with Crippen molar-refractivity contribution in [3.05, 3.63) is 0 Å². The van der Waals surface area contributed by atoms with Crippen LogP contribution in [0.3, 0.4) is 0 Å². The van der Waals surface area contributed by atoms with Gasteiger partial charge >= 0.3 is 0 Å². The highest BCUT2D eigenvalue weighted by atomic mass is 35.5. The molecule has 0 aromatic heterocycles. The molecule has 2 unspecified atom stereocenters. The lowest BCUT2D eigenvalue weighted by Gasteiger charge is -2.43. The van der Waals surface area contributed by atoms with E-state index in [1.54, 1.807) is 0 Å². The normalized spacial score (nSPS) is 29.2. The first kappa shape index (κ1) is 13.7. The molecule has 5 heteroatoms. The molecule has 2 aliphatic rings. The fourth-order valence-electron chi connectivity index (χ4n) is 2.74. The first-order valence-electron chi connectivity index (χ1n) is 5.90. The molecule has 2 aliphatic heterocycles. The predicted molar refractivity (Wildman–Crippen MR) is 64.6 cm³/mol. The van der Waals surface area contributed by atoms with Gasteiger partial charge in [0.1, 0.15) is 0 Å². The topological polar surface area (TPSA) is 55.6 Å². The van der Waals surface area contributed by atoms with Crippen LogP contribution in [0.25, 0.3) is 0 Å². The largest absolute Gasteiger partial charge is 0.381 e. The average Bonchev–Trinajstić information content (AvgIpc) is 2.28. The number of piperidine rings is 1. The first-order valence-corrected chi connectivity index (χ1v) is 5.90. The molecule has 0 aromatic rings. The highest BCUT2D eigenvalue weighted by molar-refractivity contribution is 5.85. The van der Waals surface area contributed by atoms with Gasteiger partial charge in [-0.25, -0.2) is 0 Å². The molecule has 2 saturated heterocycles. The van der Waals surface area contributed by atoms with Crippen LogP contribution in [0.15, 0.2) is 0 Å².